The van der Waals surface area contributed by atoms with Crippen molar-refractivity contribution in [1.82, 2.24) is 0 Å². The van der Waals surface area contributed by atoms with Crippen molar-refractivity contribution in [1.29, 1.82) is 0 Å². The highest BCUT2D eigenvalue weighted by atomic mass is 16.5. The Labute approximate surface area is 136 Å². The molecule has 0 aliphatic rings. The highest BCUT2D eigenvalue weighted by molar-refractivity contribution is 6.40. The highest BCUT2D eigenvalue weighted by Gasteiger charge is 2.33. The van der Waals surface area contributed by atoms with Crippen LogP contribution in [0.25, 0.3) is 0 Å². The van der Waals surface area contributed by atoms with E-state index in [9.17, 15) is 9.90 Å². The molecular weight excluding hydrogens is 301 g/mol. The lowest BCUT2D eigenvalue weighted by atomic mass is 9.81. The number of rotatable bonds is 11. The molecule has 1 unspecified atom stereocenters. The molecule has 1 aromatic carbocycles. The van der Waals surface area contributed by atoms with Gasteiger partial charge in [-0.1, -0.05) is 12.8 Å². The minimum atomic E-state index is -1.38. The van der Waals surface area contributed by atoms with E-state index in [2.05, 4.69) is 0 Å². The number of methoxy groups -OCH3 is 1. The maximum absolute atomic E-state index is 11.4. The van der Waals surface area contributed by atoms with E-state index in [4.69, 9.17) is 25.3 Å². The van der Waals surface area contributed by atoms with Gasteiger partial charge in [0.15, 0.2) is 0 Å². The fourth-order valence-electron chi connectivity index (χ4n) is 2.13. The van der Waals surface area contributed by atoms with Crippen molar-refractivity contribution in [2.24, 2.45) is 5.73 Å². The van der Waals surface area contributed by atoms with Gasteiger partial charge in [-0.05, 0) is 37.0 Å². The Kier molecular flexibility index (Phi) is 7.87. The van der Waals surface area contributed by atoms with Gasteiger partial charge in [0.1, 0.15) is 17.0 Å². The van der Waals surface area contributed by atoms with Crippen LogP contribution in [0.5, 0.6) is 11.5 Å². The Hall–Kier alpha value is -1.77. The maximum atomic E-state index is 11.4. The van der Waals surface area contributed by atoms with Crippen LogP contribution in [0.3, 0.4) is 0 Å². The molecule has 0 saturated carbocycles. The Morgan fingerprint density at radius 1 is 1.17 bits per heavy atom. The molecule has 1 aromatic rings. The van der Waals surface area contributed by atoms with Crippen LogP contribution in [0.2, 0.25) is 6.32 Å². The molecule has 0 fully saturated rings. The van der Waals surface area contributed by atoms with E-state index in [0.717, 1.165) is 0 Å². The van der Waals surface area contributed by atoms with Crippen LogP contribution in [0.15, 0.2) is 24.3 Å². The lowest BCUT2D eigenvalue weighted by Gasteiger charge is -2.24. The van der Waals surface area contributed by atoms with Crippen LogP contribution < -0.4 is 15.2 Å². The number of carbonyl (C=O) groups is 1. The second kappa shape index (κ2) is 9.39. The van der Waals surface area contributed by atoms with Gasteiger partial charge in [0.2, 0.25) is 0 Å². The summed E-state index contributed by atoms with van der Waals surface area (Å²) in [5, 5.41) is 26.9. The third-order valence-electron chi connectivity index (χ3n) is 3.64. The molecule has 128 valence electrons. The predicted octanol–water partition coefficient (Wildman–Crippen LogP) is 0.889. The lowest BCUT2D eigenvalue weighted by Crippen LogP contribution is -2.49. The van der Waals surface area contributed by atoms with Crippen molar-refractivity contribution < 1.29 is 29.4 Å². The van der Waals surface area contributed by atoms with Gasteiger partial charge in [0.05, 0.1) is 13.7 Å². The maximum Gasteiger partial charge on any atom is 0.451 e. The Morgan fingerprint density at radius 3 is 2.30 bits per heavy atom. The van der Waals surface area contributed by atoms with E-state index < -0.39 is 18.6 Å². The van der Waals surface area contributed by atoms with Crippen molar-refractivity contribution in [3.05, 3.63) is 24.3 Å². The number of benzene rings is 1. The van der Waals surface area contributed by atoms with Crippen molar-refractivity contribution >= 4 is 13.1 Å². The molecule has 0 aliphatic heterocycles. The number of unbranched alkanes of at least 4 members (excludes halogenated alkanes) is 1. The molecule has 0 aliphatic carbocycles. The summed E-state index contributed by atoms with van der Waals surface area (Å²) in [6, 6.07) is 6.98. The quantitative estimate of drug-likeness (QED) is 0.352. The molecule has 0 heterocycles. The van der Waals surface area contributed by atoms with Crippen LogP contribution in [0.4, 0.5) is 0 Å². The largest absolute Gasteiger partial charge is 0.497 e. The first-order valence-corrected chi connectivity index (χ1v) is 7.52. The van der Waals surface area contributed by atoms with Gasteiger partial charge in [0.25, 0.3) is 0 Å². The highest BCUT2D eigenvalue weighted by Crippen LogP contribution is 2.20. The average molecular weight is 325 g/mol. The first-order valence-electron chi connectivity index (χ1n) is 7.52. The molecule has 0 amide bonds. The fraction of sp³-hybridized carbons (Fsp3) is 0.533. The number of hydrogen-bond donors (Lipinski definition) is 4. The summed E-state index contributed by atoms with van der Waals surface area (Å²) in [6.45, 7) is 0.178. The van der Waals surface area contributed by atoms with E-state index in [1.54, 1.807) is 31.4 Å². The predicted molar refractivity (Wildman–Crippen MR) is 86.5 cm³/mol. The minimum absolute atomic E-state index is 0.163. The number of carboxylic acid groups (broad SMARTS) is 1. The second-order valence-electron chi connectivity index (χ2n) is 5.46. The zero-order chi connectivity index (χ0) is 17.3. The normalized spacial score (nSPS) is 13.2. The first-order chi connectivity index (χ1) is 10.9. The molecule has 8 heteroatoms. The van der Waals surface area contributed by atoms with E-state index in [1.165, 1.54) is 0 Å². The van der Waals surface area contributed by atoms with Crippen LogP contribution in [0, 0.1) is 0 Å². The SMILES string of the molecule is COc1ccc(OCCC(N)(CCCCB(O)O)C(=O)O)cc1. The topological polar surface area (TPSA) is 122 Å². The summed E-state index contributed by atoms with van der Waals surface area (Å²) in [5.74, 6) is 0.240. The molecule has 23 heavy (non-hydrogen) atoms. The summed E-state index contributed by atoms with van der Waals surface area (Å²) in [6.07, 6.45) is 1.63. The molecule has 1 atom stereocenters. The van der Waals surface area contributed by atoms with Crippen LogP contribution >= 0.6 is 0 Å². The van der Waals surface area contributed by atoms with Gasteiger partial charge < -0.3 is 30.4 Å². The van der Waals surface area contributed by atoms with Gasteiger partial charge >= 0.3 is 13.1 Å². The molecule has 0 aromatic heterocycles. The van der Waals surface area contributed by atoms with E-state index in [-0.39, 0.29) is 25.8 Å². The Balaban J connectivity index is 2.43. The number of nitrogens with two attached hydrogens (primary N) is 1. The summed E-state index contributed by atoms with van der Waals surface area (Å²) < 4.78 is 10.6. The van der Waals surface area contributed by atoms with E-state index >= 15 is 0 Å². The van der Waals surface area contributed by atoms with Crippen LogP contribution in [-0.4, -0.2) is 47.5 Å². The summed E-state index contributed by atoms with van der Waals surface area (Å²) in [7, 11) is 0.201. The van der Waals surface area contributed by atoms with Crippen molar-refractivity contribution in [3.63, 3.8) is 0 Å². The third kappa shape index (κ3) is 6.90. The van der Waals surface area contributed by atoms with Gasteiger partial charge in [-0.25, -0.2) is 0 Å². The molecule has 0 spiro atoms. The zero-order valence-corrected chi connectivity index (χ0v) is 13.3. The Bertz CT molecular complexity index is 481. The van der Waals surface area contributed by atoms with Crippen molar-refractivity contribution in [2.45, 2.75) is 37.5 Å². The summed E-state index contributed by atoms with van der Waals surface area (Å²) >= 11 is 0. The van der Waals surface area contributed by atoms with Gasteiger partial charge in [-0.15, -0.1) is 0 Å². The number of aliphatic carboxylic acids is 1. The molecular formula is C15H24BNO6. The third-order valence-corrected chi connectivity index (χ3v) is 3.64. The van der Waals surface area contributed by atoms with Crippen LogP contribution in [-0.2, 0) is 4.79 Å². The zero-order valence-electron chi connectivity index (χ0n) is 13.3. The van der Waals surface area contributed by atoms with Crippen molar-refractivity contribution in [3.8, 4) is 11.5 Å². The number of carboxylic acids is 1. The number of hydrogen-bond acceptors (Lipinski definition) is 6. The standard InChI is InChI=1S/C15H24BNO6/c1-22-12-4-6-13(7-5-12)23-11-9-15(17,14(18)19)8-2-3-10-16(20)21/h4-7,20-21H,2-3,8-11,17H2,1H3,(H,18,19). The number of ether oxygens (including phenoxy) is 2. The molecule has 0 saturated heterocycles. The average Bonchev–Trinajstić information content (AvgIpc) is 2.52. The Morgan fingerprint density at radius 2 is 1.78 bits per heavy atom. The van der Waals surface area contributed by atoms with Crippen LogP contribution in [0.1, 0.15) is 25.7 Å². The fourth-order valence-corrected chi connectivity index (χ4v) is 2.13. The smallest absolute Gasteiger partial charge is 0.451 e. The molecule has 0 radical (unpaired) electrons. The second-order valence-corrected chi connectivity index (χ2v) is 5.46. The summed E-state index contributed by atoms with van der Waals surface area (Å²) in [5.41, 5.74) is 4.56. The van der Waals surface area contributed by atoms with Crippen molar-refractivity contribution in [2.75, 3.05) is 13.7 Å². The lowest BCUT2D eigenvalue weighted by molar-refractivity contribution is -0.144. The van der Waals surface area contributed by atoms with E-state index in [0.29, 0.717) is 24.3 Å². The van der Waals surface area contributed by atoms with Gasteiger partial charge in [-0.2, -0.15) is 0 Å². The van der Waals surface area contributed by atoms with Gasteiger partial charge in [-0.3, -0.25) is 4.79 Å². The molecule has 7 nitrogen and oxygen atoms in total. The molecule has 5 N–H and O–H groups in total. The summed E-state index contributed by atoms with van der Waals surface area (Å²) in [4.78, 5) is 11.4. The molecule has 1 rings (SSSR count). The molecule has 0 bridgehead atoms. The van der Waals surface area contributed by atoms with Gasteiger partial charge in [0, 0.05) is 6.42 Å². The minimum Gasteiger partial charge on any atom is -0.497 e. The first kappa shape index (κ1) is 19.3. The monoisotopic (exact) mass is 325 g/mol. The van der Waals surface area contributed by atoms with E-state index in [1.807, 2.05) is 0 Å².